The van der Waals surface area contributed by atoms with E-state index in [1.807, 2.05) is 24.3 Å². The first-order valence-electron chi connectivity index (χ1n) is 5.31. The largest absolute Gasteiger partial charge is 0.0906 e. The van der Waals surface area contributed by atoms with Crippen LogP contribution in [0.25, 0.3) is 5.57 Å². The van der Waals surface area contributed by atoms with Crippen molar-refractivity contribution in [2.75, 3.05) is 0 Å². The number of halogens is 2. The van der Waals surface area contributed by atoms with E-state index in [-0.39, 0.29) is 0 Å². The molecule has 0 aliphatic heterocycles. The van der Waals surface area contributed by atoms with E-state index in [2.05, 4.69) is 46.8 Å². The zero-order valence-electron chi connectivity index (χ0n) is 9.29. The van der Waals surface area contributed by atoms with Gasteiger partial charge in [-0.15, -0.1) is 0 Å². The molecule has 0 fully saturated rings. The Balaban J connectivity index is 2.27. The highest BCUT2D eigenvalue weighted by Crippen LogP contribution is 2.23. The van der Waals surface area contributed by atoms with Crippen LogP contribution in [-0.2, 0) is 5.33 Å². The highest BCUT2D eigenvalue weighted by molar-refractivity contribution is 9.08. The van der Waals surface area contributed by atoms with E-state index in [4.69, 9.17) is 11.6 Å². The molecular weight excluding hydrogens is 296 g/mol. The van der Waals surface area contributed by atoms with E-state index in [0.29, 0.717) is 0 Å². The lowest BCUT2D eigenvalue weighted by molar-refractivity contribution is 1.42. The van der Waals surface area contributed by atoms with Gasteiger partial charge in [0.05, 0.1) is 0 Å². The minimum Gasteiger partial charge on any atom is -0.0906 e. The molecule has 0 amide bonds. The number of benzene rings is 2. The summed E-state index contributed by atoms with van der Waals surface area (Å²) in [6, 6.07) is 16.1. The summed E-state index contributed by atoms with van der Waals surface area (Å²) in [6.07, 6.45) is 0. The van der Waals surface area contributed by atoms with Crippen LogP contribution in [0.3, 0.4) is 0 Å². The molecule has 0 aromatic heterocycles. The summed E-state index contributed by atoms with van der Waals surface area (Å²) in [5.41, 5.74) is 4.51. The van der Waals surface area contributed by atoms with Crippen molar-refractivity contribution in [1.82, 2.24) is 0 Å². The molecule has 0 bridgehead atoms. The number of hydrogen-bond acceptors (Lipinski definition) is 0. The van der Waals surface area contributed by atoms with E-state index < -0.39 is 0 Å². The Bertz CT molecular complexity index is 512. The Labute approximate surface area is 115 Å². The molecule has 0 aliphatic carbocycles. The standard InChI is InChI=1S/C15H12BrCl/c1-11(14-6-8-15(17)9-7-14)13-4-2-12(10-16)3-5-13/h2-9H,1,10H2. The smallest absolute Gasteiger partial charge is 0.0406 e. The minimum atomic E-state index is 0.746. The van der Waals surface area contributed by atoms with Crippen molar-refractivity contribution < 1.29 is 0 Å². The third-order valence-electron chi connectivity index (χ3n) is 2.65. The first-order valence-corrected chi connectivity index (χ1v) is 6.81. The molecule has 0 saturated carbocycles. The topological polar surface area (TPSA) is 0 Å². The fraction of sp³-hybridized carbons (Fsp3) is 0.0667. The molecular formula is C15H12BrCl. The molecule has 2 aromatic rings. The fourth-order valence-corrected chi connectivity index (χ4v) is 2.11. The molecule has 86 valence electrons. The van der Waals surface area contributed by atoms with Crippen LogP contribution < -0.4 is 0 Å². The van der Waals surface area contributed by atoms with E-state index in [9.17, 15) is 0 Å². The van der Waals surface area contributed by atoms with Crippen LogP contribution in [0.5, 0.6) is 0 Å². The van der Waals surface area contributed by atoms with Crippen molar-refractivity contribution in [3.8, 4) is 0 Å². The molecule has 0 aliphatic rings. The van der Waals surface area contributed by atoms with Gasteiger partial charge in [-0.1, -0.05) is 70.5 Å². The second kappa shape index (κ2) is 5.52. The molecule has 2 aromatic carbocycles. The Kier molecular flexibility index (Phi) is 4.03. The second-order valence-corrected chi connectivity index (χ2v) is 4.81. The molecule has 0 atom stereocenters. The van der Waals surface area contributed by atoms with Gasteiger partial charge in [-0.3, -0.25) is 0 Å². The zero-order valence-corrected chi connectivity index (χ0v) is 11.6. The number of hydrogen-bond donors (Lipinski definition) is 0. The summed E-state index contributed by atoms with van der Waals surface area (Å²) in [7, 11) is 0. The molecule has 0 radical (unpaired) electrons. The third-order valence-corrected chi connectivity index (χ3v) is 3.55. The fourth-order valence-electron chi connectivity index (χ4n) is 1.61. The van der Waals surface area contributed by atoms with Crippen molar-refractivity contribution in [3.05, 3.63) is 76.8 Å². The van der Waals surface area contributed by atoms with E-state index in [1.165, 1.54) is 5.56 Å². The SMILES string of the molecule is C=C(c1ccc(Cl)cc1)c1ccc(CBr)cc1. The average molecular weight is 308 g/mol. The summed E-state index contributed by atoms with van der Waals surface area (Å²) in [6.45, 7) is 4.13. The maximum absolute atomic E-state index is 5.87. The summed E-state index contributed by atoms with van der Waals surface area (Å²) >= 11 is 9.30. The summed E-state index contributed by atoms with van der Waals surface area (Å²) in [4.78, 5) is 0. The minimum absolute atomic E-state index is 0.746. The lowest BCUT2D eigenvalue weighted by atomic mass is 9.99. The van der Waals surface area contributed by atoms with Crippen LogP contribution in [-0.4, -0.2) is 0 Å². The molecule has 0 heterocycles. The monoisotopic (exact) mass is 306 g/mol. The highest BCUT2D eigenvalue weighted by Gasteiger charge is 2.02. The predicted molar refractivity (Wildman–Crippen MR) is 78.7 cm³/mol. The third kappa shape index (κ3) is 2.99. The normalized spacial score (nSPS) is 10.2. The van der Waals surface area contributed by atoms with Crippen LogP contribution in [0.1, 0.15) is 16.7 Å². The molecule has 2 heteroatoms. The molecule has 0 saturated heterocycles. The second-order valence-electron chi connectivity index (χ2n) is 3.82. The number of rotatable bonds is 3. The molecule has 2 rings (SSSR count). The van der Waals surface area contributed by atoms with Crippen molar-refractivity contribution in [1.29, 1.82) is 0 Å². The highest BCUT2D eigenvalue weighted by atomic mass is 79.9. The quantitative estimate of drug-likeness (QED) is 0.675. The maximum atomic E-state index is 5.87. The maximum Gasteiger partial charge on any atom is 0.0406 e. The Hall–Kier alpha value is -1.05. The van der Waals surface area contributed by atoms with Gasteiger partial charge in [0.1, 0.15) is 0 Å². The van der Waals surface area contributed by atoms with Gasteiger partial charge < -0.3 is 0 Å². The van der Waals surface area contributed by atoms with Crippen LogP contribution >= 0.6 is 27.5 Å². The lowest BCUT2D eigenvalue weighted by Crippen LogP contribution is -1.86. The summed E-state index contributed by atoms with van der Waals surface area (Å²) in [5, 5.41) is 1.62. The summed E-state index contributed by atoms with van der Waals surface area (Å²) < 4.78 is 0. The zero-order chi connectivity index (χ0) is 12.3. The first kappa shape index (κ1) is 12.4. The van der Waals surface area contributed by atoms with Gasteiger partial charge >= 0.3 is 0 Å². The molecule has 0 spiro atoms. The number of alkyl halides is 1. The van der Waals surface area contributed by atoms with Crippen molar-refractivity contribution in [3.63, 3.8) is 0 Å². The Morgan fingerprint density at radius 3 is 1.88 bits per heavy atom. The molecule has 0 unspecified atom stereocenters. The summed E-state index contributed by atoms with van der Waals surface area (Å²) in [5.74, 6) is 0. The van der Waals surface area contributed by atoms with Gasteiger partial charge in [0.2, 0.25) is 0 Å². The van der Waals surface area contributed by atoms with Crippen molar-refractivity contribution >= 4 is 33.1 Å². The van der Waals surface area contributed by atoms with Gasteiger partial charge in [-0.2, -0.15) is 0 Å². The van der Waals surface area contributed by atoms with Crippen LogP contribution in [0.2, 0.25) is 5.02 Å². The van der Waals surface area contributed by atoms with Gasteiger partial charge in [-0.05, 0) is 34.4 Å². The average Bonchev–Trinajstić information content (AvgIpc) is 2.39. The van der Waals surface area contributed by atoms with Crippen molar-refractivity contribution in [2.45, 2.75) is 5.33 Å². The van der Waals surface area contributed by atoms with Gasteiger partial charge in [-0.25, -0.2) is 0 Å². The lowest BCUT2D eigenvalue weighted by Gasteiger charge is -2.07. The molecule has 0 nitrogen and oxygen atoms in total. The molecule has 0 N–H and O–H groups in total. The first-order chi connectivity index (χ1) is 8.20. The van der Waals surface area contributed by atoms with E-state index >= 15 is 0 Å². The van der Waals surface area contributed by atoms with Crippen molar-refractivity contribution in [2.24, 2.45) is 0 Å². The molecule has 17 heavy (non-hydrogen) atoms. The van der Waals surface area contributed by atoms with E-state index in [1.54, 1.807) is 0 Å². The van der Waals surface area contributed by atoms with Gasteiger partial charge in [0.25, 0.3) is 0 Å². The van der Waals surface area contributed by atoms with Gasteiger partial charge in [0.15, 0.2) is 0 Å². The van der Waals surface area contributed by atoms with Crippen LogP contribution in [0.4, 0.5) is 0 Å². The predicted octanol–water partition coefficient (Wildman–Crippen LogP) is 5.30. The van der Waals surface area contributed by atoms with Crippen LogP contribution in [0.15, 0.2) is 55.1 Å². The van der Waals surface area contributed by atoms with E-state index in [0.717, 1.165) is 27.1 Å². The van der Waals surface area contributed by atoms with Gasteiger partial charge in [0, 0.05) is 10.4 Å². The Morgan fingerprint density at radius 2 is 1.41 bits per heavy atom. The van der Waals surface area contributed by atoms with Crippen LogP contribution in [0, 0.1) is 0 Å². The Morgan fingerprint density at radius 1 is 0.941 bits per heavy atom.